The molecule has 1 atom stereocenters. The van der Waals surface area contributed by atoms with Crippen molar-refractivity contribution in [2.75, 3.05) is 5.75 Å². The van der Waals surface area contributed by atoms with Crippen molar-refractivity contribution in [2.24, 2.45) is 0 Å². The molecular formula is C19H17N3O3S. The van der Waals surface area contributed by atoms with Crippen molar-refractivity contribution in [3.63, 3.8) is 0 Å². The van der Waals surface area contributed by atoms with E-state index in [0.29, 0.717) is 22.4 Å². The first-order valence-corrected chi connectivity index (χ1v) is 9.92. The maximum Gasteiger partial charge on any atom is 0.251 e. The number of benzene rings is 2. The number of rotatable bonds is 3. The minimum atomic E-state index is -3.27. The fourth-order valence-electron chi connectivity index (χ4n) is 3.17. The Bertz CT molecular complexity index is 1040. The molecule has 0 saturated carbocycles. The zero-order valence-corrected chi connectivity index (χ0v) is 14.7. The van der Waals surface area contributed by atoms with Gasteiger partial charge >= 0.3 is 0 Å². The molecule has 0 saturated heterocycles. The number of fused-ring (bicyclic) bond motifs is 1. The van der Waals surface area contributed by atoms with Crippen molar-refractivity contribution in [3.8, 4) is 5.69 Å². The van der Waals surface area contributed by atoms with Crippen LogP contribution in [-0.4, -0.2) is 29.9 Å². The summed E-state index contributed by atoms with van der Waals surface area (Å²) in [7, 11) is -3.27. The SMILES string of the molecule is O=C(N[C@@H]1CCS(=O)(=O)c2ccccc21)c1ccc(-n2cccn2)cc1. The van der Waals surface area contributed by atoms with Crippen LogP contribution in [0.25, 0.3) is 5.69 Å². The zero-order chi connectivity index (χ0) is 18.1. The molecule has 7 heteroatoms. The Kier molecular flexibility index (Phi) is 4.08. The Morgan fingerprint density at radius 2 is 1.85 bits per heavy atom. The Morgan fingerprint density at radius 3 is 2.58 bits per heavy atom. The van der Waals surface area contributed by atoms with Crippen LogP contribution in [0.3, 0.4) is 0 Å². The summed E-state index contributed by atoms with van der Waals surface area (Å²) < 4.78 is 26.1. The van der Waals surface area contributed by atoms with Gasteiger partial charge in [-0.2, -0.15) is 5.10 Å². The van der Waals surface area contributed by atoms with Crippen LogP contribution in [0.2, 0.25) is 0 Å². The number of carbonyl (C=O) groups excluding carboxylic acids is 1. The highest BCUT2D eigenvalue weighted by Crippen LogP contribution is 2.32. The molecule has 3 aromatic rings. The third kappa shape index (κ3) is 3.01. The second-order valence-electron chi connectivity index (χ2n) is 6.17. The number of amides is 1. The summed E-state index contributed by atoms with van der Waals surface area (Å²) in [4.78, 5) is 12.9. The van der Waals surface area contributed by atoms with Gasteiger partial charge in [0.15, 0.2) is 9.84 Å². The molecule has 4 rings (SSSR count). The predicted octanol–water partition coefficient (Wildman–Crippen LogP) is 2.52. The highest BCUT2D eigenvalue weighted by molar-refractivity contribution is 7.91. The minimum absolute atomic E-state index is 0.0349. The Balaban J connectivity index is 1.55. The van der Waals surface area contributed by atoms with Crippen LogP contribution in [-0.2, 0) is 9.84 Å². The zero-order valence-electron chi connectivity index (χ0n) is 13.9. The Morgan fingerprint density at radius 1 is 1.08 bits per heavy atom. The number of hydrogen-bond acceptors (Lipinski definition) is 4. The predicted molar refractivity (Wildman–Crippen MR) is 96.9 cm³/mol. The summed E-state index contributed by atoms with van der Waals surface area (Å²) in [5.74, 6) is -0.191. The third-order valence-corrected chi connectivity index (χ3v) is 6.32. The van der Waals surface area contributed by atoms with Crippen LogP contribution < -0.4 is 5.32 Å². The molecule has 0 spiro atoms. The molecule has 1 N–H and O–H groups in total. The van der Waals surface area contributed by atoms with E-state index in [1.165, 1.54) is 0 Å². The number of carbonyl (C=O) groups is 1. The lowest BCUT2D eigenvalue weighted by Crippen LogP contribution is -2.33. The quantitative estimate of drug-likeness (QED) is 0.771. The number of sulfone groups is 1. The molecule has 1 aromatic heterocycles. The Labute approximate surface area is 151 Å². The molecule has 6 nitrogen and oxygen atoms in total. The van der Waals surface area contributed by atoms with E-state index >= 15 is 0 Å². The lowest BCUT2D eigenvalue weighted by atomic mass is 10.0. The Hall–Kier alpha value is -2.93. The molecule has 2 heterocycles. The van der Waals surface area contributed by atoms with Crippen molar-refractivity contribution >= 4 is 15.7 Å². The van der Waals surface area contributed by atoms with Gasteiger partial charge in [0.1, 0.15) is 0 Å². The molecule has 2 aromatic carbocycles. The second-order valence-corrected chi connectivity index (χ2v) is 8.25. The molecule has 0 aliphatic carbocycles. The highest BCUT2D eigenvalue weighted by Gasteiger charge is 2.30. The van der Waals surface area contributed by atoms with Crippen molar-refractivity contribution in [2.45, 2.75) is 17.4 Å². The fourth-order valence-corrected chi connectivity index (χ4v) is 4.79. The first-order valence-electron chi connectivity index (χ1n) is 8.27. The lowest BCUT2D eigenvalue weighted by Gasteiger charge is -2.26. The number of hydrogen-bond donors (Lipinski definition) is 1. The highest BCUT2D eigenvalue weighted by atomic mass is 32.2. The van der Waals surface area contributed by atoms with Crippen LogP contribution in [0.4, 0.5) is 0 Å². The fraction of sp³-hybridized carbons (Fsp3) is 0.158. The number of nitrogens with one attached hydrogen (secondary N) is 1. The van der Waals surface area contributed by atoms with Crippen LogP contribution in [0.5, 0.6) is 0 Å². The van der Waals surface area contributed by atoms with Crippen molar-refractivity contribution in [3.05, 3.63) is 78.1 Å². The molecule has 1 aliphatic heterocycles. The number of aromatic nitrogens is 2. The minimum Gasteiger partial charge on any atom is -0.345 e. The van der Waals surface area contributed by atoms with Gasteiger partial charge in [-0.3, -0.25) is 4.79 Å². The van der Waals surface area contributed by atoms with E-state index in [1.54, 1.807) is 47.3 Å². The van der Waals surface area contributed by atoms with Gasteiger partial charge in [0, 0.05) is 18.0 Å². The average molecular weight is 367 g/mol. The number of nitrogens with zero attached hydrogens (tertiary/aromatic N) is 2. The maximum absolute atomic E-state index is 12.6. The van der Waals surface area contributed by atoms with Gasteiger partial charge < -0.3 is 5.32 Å². The van der Waals surface area contributed by atoms with E-state index in [4.69, 9.17) is 0 Å². The van der Waals surface area contributed by atoms with Crippen LogP contribution >= 0.6 is 0 Å². The topological polar surface area (TPSA) is 81.1 Å². The molecule has 0 radical (unpaired) electrons. The maximum atomic E-state index is 12.6. The standard InChI is InChI=1S/C19H17N3O3S/c23-19(14-6-8-15(9-7-14)22-12-3-11-20-22)21-17-10-13-26(24,25)18-5-2-1-4-16(17)18/h1-9,11-12,17H,10,13H2,(H,21,23)/t17-/m1/s1. The molecule has 26 heavy (non-hydrogen) atoms. The van der Waals surface area contributed by atoms with Gasteiger partial charge in [-0.25, -0.2) is 13.1 Å². The summed E-state index contributed by atoms with van der Waals surface area (Å²) in [5.41, 5.74) is 2.03. The third-order valence-electron chi connectivity index (χ3n) is 4.51. The summed E-state index contributed by atoms with van der Waals surface area (Å²) in [5, 5.41) is 7.11. The monoisotopic (exact) mass is 367 g/mol. The first kappa shape index (κ1) is 16.5. The van der Waals surface area contributed by atoms with E-state index in [0.717, 1.165) is 5.69 Å². The second kappa shape index (κ2) is 6.42. The van der Waals surface area contributed by atoms with E-state index in [1.807, 2.05) is 24.4 Å². The van der Waals surface area contributed by atoms with Gasteiger partial charge in [-0.15, -0.1) is 0 Å². The summed E-state index contributed by atoms with van der Waals surface area (Å²) in [6.45, 7) is 0. The molecule has 132 valence electrons. The van der Waals surface area contributed by atoms with Gasteiger partial charge in [-0.05, 0) is 48.4 Å². The van der Waals surface area contributed by atoms with Gasteiger partial charge in [0.05, 0.1) is 22.4 Å². The normalized spacial score (nSPS) is 18.1. The van der Waals surface area contributed by atoms with E-state index in [2.05, 4.69) is 10.4 Å². The van der Waals surface area contributed by atoms with E-state index in [-0.39, 0.29) is 17.7 Å². The van der Waals surface area contributed by atoms with Crippen LogP contribution in [0.1, 0.15) is 28.4 Å². The molecule has 0 bridgehead atoms. The van der Waals surface area contributed by atoms with Crippen molar-refractivity contribution < 1.29 is 13.2 Å². The lowest BCUT2D eigenvalue weighted by molar-refractivity contribution is 0.0934. The summed E-state index contributed by atoms with van der Waals surface area (Å²) in [6, 6.07) is 15.5. The van der Waals surface area contributed by atoms with Crippen LogP contribution in [0, 0.1) is 0 Å². The van der Waals surface area contributed by atoms with Gasteiger partial charge in [0.2, 0.25) is 0 Å². The van der Waals surface area contributed by atoms with Crippen molar-refractivity contribution in [1.82, 2.24) is 15.1 Å². The average Bonchev–Trinajstić information content (AvgIpc) is 3.19. The van der Waals surface area contributed by atoms with Gasteiger partial charge in [0.25, 0.3) is 5.91 Å². The van der Waals surface area contributed by atoms with E-state index in [9.17, 15) is 13.2 Å². The summed E-state index contributed by atoms with van der Waals surface area (Å²) in [6.07, 6.45) is 3.89. The van der Waals surface area contributed by atoms with Crippen LogP contribution in [0.15, 0.2) is 71.9 Å². The van der Waals surface area contributed by atoms with E-state index < -0.39 is 9.84 Å². The first-order chi connectivity index (χ1) is 12.5. The largest absolute Gasteiger partial charge is 0.345 e. The molecule has 1 aliphatic rings. The smallest absolute Gasteiger partial charge is 0.251 e. The molecule has 1 amide bonds. The molecule has 0 unspecified atom stereocenters. The summed E-state index contributed by atoms with van der Waals surface area (Å²) >= 11 is 0. The molecule has 0 fully saturated rings. The van der Waals surface area contributed by atoms with Gasteiger partial charge in [-0.1, -0.05) is 18.2 Å². The molecular weight excluding hydrogens is 350 g/mol. The van der Waals surface area contributed by atoms with Crippen molar-refractivity contribution in [1.29, 1.82) is 0 Å².